The predicted molar refractivity (Wildman–Crippen MR) is 123 cm³/mol. The summed E-state index contributed by atoms with van der Waals surface area (Å²) in [5, 5.41) is 2.63. The van der Waals surface area contributed by atoms with Crippen molar-refractivity contribution in [2.45, 2.75) is 31.8 Å². The molecule has 0 aliphatic heterocycles. The summed E-state index contributed by atoms with van der Waals surface area (Å²) in [6.07, 6.45) is 1.63. The molecule has 1 amide bonds. The number of benzene rings is 2. The molecule has 0 saturated heterocycles. The van der Waals surface area contributed by atoms with E-state index >= 15 is 0 Å². The van der Waals surface area contributed by atoms with Gasteiger partial charge in [0.1, 0.15) is 21.6 Å². The lowest BCUT2D eigenvalue weighted by atomic mass is 9.95. The number of rotatable bonds is 10. The van der Waals surface area contributed by atoms with E-state index in [9.17, 15) is 18.0 Å². The van der Waals surface area contributed by atoms with Crippen LogP contribution in [0.5, 0.6) is 5.75 Å². The van der Waals surface area contributed by atoms with Crippen molar-refractivity contribution in [3.63, 3.8) is 0 Å². The van der Waals surface area contributed by atoms with E-state index in [1.165, 1.54) is 13.4 Å². The number of methoxy groups -OCH3 is 1. The van der Waals surface area contributed by atoms with Crippen LogP contribution >= 0.6 is 0 Å². The van der Waals surface area contributed by atoms with Crippen LogP contribution in [-0.2, 0) is 19.4 Å². The second-order valence-corrected chi connectivity index (χ2v) is 10.4. The minimum Gasteiger partial charge on any atom is -0.494 e. The Kier molecular flexibility index (Phi) is 8.40. The number of amides is 1. The van der Waals surface area contributed by atoms with Crippen molar-refractivity contribution in [3.8, 4) is 16.9 Å². The molecule has 0 aliphatic carbocycles. The highest BCUT2D eigenvalue weighted by atomic mass is 32.2. The van der Waals surface area contributed by atoms with Crippen LogP contribution in [-0.4, -0.2) is 57.6 Å². The van der Waals surface area contributed by atoms with Gasteiger partial charge >= 0.3 is 5.97 Å². The highest BCUT2D eigenvalue weighted by Gasteiger charge is 2.34. The van der Waals surface area contributed by atoms with Crippen LogP contribution in [0.4, 0.5) is 0 Å². The van der Waals surface area contributed by atoms with E-state index in [4.69, 9.17) is 15.2 Å². The van der Waals surface area contributed by atoms with Gasteiger partial charge in [0.2, 0.25) is 0 Å². The van der Waals surface area contributed by atoms with Gasteiger partial charge in [-0.15, -0.1) is 0 Å². The molecule has 0 radical (unpaired) electrons. The molecule has 1 unspecified atom stereocenters. The number of carbonyl (C=O) groups excluding carboxylic acids is 2. The lowest BCUT2D eigenvalue weighted by Crippen LogP contribution is -2.59. The summed E-state index contributed by atoms with van der Waals surface area (Å²) < 4.78 is 32.6. The molecule has 8 nitrogen and oxygen atoms in total. The van der Waals surface area contributed by atoms with Gasteiger partial charge in [-0.25, -0.2) is 13.2 Å². The minimum absolute atomic E-state index is 0.0914. The van der Waals surface area contributed by atoms with Crippen LogP contribution in [0.3, 0.4) is 0 Å². The standard InChI is InChI=1S/C23H30N2O6S/c1-23(2,24)20(22(27)30-3)25-21(26)18-8-6-16(7-9-18)17-10-12-19(13-11-17)31-14-5-15-32(4,28)29/h6-13,20H,5,14-15,24H2,1-4H3,(H,25,26). The monoisotopic (exact) mass is 462 g/mol. The average molecular weight is 463 g/mol. The van der Waals surface area contributed by atoms with Crippen LogP contribution in [0.15, 0.2) is 48.5 Å². The molecule has 2 rings (SSSR count). The van der Waals surface area contributed by atoms with E-state index in [1.54, 1.807) is 50.2 Å². The minimum atomic E-state index is -2.99. The van der Waals surface area contributed by atoms with Gasteiger partial charge in [0.25, 0.3) is 5.91 Å². The van der Waals surface area contributed by atoms with Crippen molar-refractivity contribution in [2.24, 2.45) is 5.73 Å². The molecule has 2 aromatic rings. The second kappa shape index (κ2) is 10.6. The lowest BCUT2D eigenvalue weighted by molar-refractivity contribution is -0.144. The number of sulfone groups is 1. The summed E-state index contributed by atoms with van der Waals surface area (Å²) in [5.41, 5.74) is 7.22. The Hall–Kier alpha value is -2.91. The maximum Gasteiger partial charge on any atom is 0.330 e. The Morgan fingerprint density at radius 3 is 2.03 bits per heavy atom. The molecule has 3 N–H and O–H groups in total. The molecule has 0 saturated carbocycles. The van der Waals surface area contributed by atoms with Crippen molar-refractivity contribution in [2.75, 3.05) is 25.7 Å². The molecule has 0 aromatic heterocycles. The fourth-order valence-corrected chi connectivity index (χ4v) is 3.59. The fraction of sp³-hybridized carbons (Fsp3) is 0.391. The summed E-state index contributed by atoms with van der Waals surface area (Å²) in [6.45, 7) is 3.59. The van der Waals surface area contributed by atoms with Crippen molar-refractivity contribution >= 4 is 21.7 Å². The molecule has 9 heteroatoms. The molecule has 1 atom stereocenters. The van der Waals surface area contributed by atoms with Crippen molar-refractivity contribution in [1.29, 1.82) is 0 Å². The summed E-state index contributed by atoms with van der Waals surface area (Å²) in [4.78, 5) is 24.5. The van der Waals surface area contributed by atoms with Gasteiger partial charge in [0, 0.05) is 17.4 Å². The van der Waals surface area contributed by atoms with E-state index in [-0.39, 0.29) is 5.75 Å². The van der Waals surface area contributed by atoms with Crippen LogP contribution in [0.2, 0.25) is 0 Å². The first-order chi connectivity index (χ1) is 14.9. The van der Waals surface area contributed by atoms with E-state index in [2.05, 4.69) is 5.32 Å². The average Bonchev–Trinajstić information content (AvgIpc) is 2.73. The van der Waals surface area contributed by atoms with Crippen LogP contribution in [0.1, 0.15) is 30.6 Å². The summed E-state index contributed by atoms with van der Waals surface area (Å²) in [6, 6.07) is 13.3. The van der Waals surface area contributed by atoms with E-state index in [1.807, 2.05) is 12.1 Å². The first kappa shape index (κ1) is 25.4. The zero-order valence-corrected chi connectivity index (χ0v) is 19.6. The number of hydrogen-bond donors (Lipinski definition) is 2. The zero-order chi connectivity index (χ0) is 23.9. The number of ether oxygens (including phenoxy) is 2. The van der Waals surface area contributed by atoms with Gasteiger partial charge in [0.15, 0.2) is 0 Å². The van der Waals surface area contributed by atoms with Crippen LogP contribution < -0.4 is 15.8 Å². The third-order valence-electron chi connectivity index (χ3n) is 4.72. The number of esters is 1. The van der Waals surface area contributed by atoms with Crippen molar-refractivity contribution in [1.82, 2.24) is 5.32 Å². The van der Waals surface area contributed by atoms with Crippen LogP contribution in [0, 0.1) is 0 Å². The molecule has 174 valence electrons. The largest absolute Gasteiger partial charge is 0.494 e. The SMILES string of the molecule is COC(=O)C(NC(=O)c1ccc(-c2ccc(OCCCS(C)(=O)=O)cc2)cc1)C(C)(C)N. The number of hydrogen-bond acceptors (Lipinski definition) is 7. The second-order valence-electron chi connectivity index (χ2n) is 8.18. The van der Waals surface area contributed by atoms with Gasteiger partial charge in [0.05, 0.1) is 19.5 Å². The number of nitrogens with one attached hydrogen (secondary N) is 1. The van der Waals surface area contributed by atoms with Gasteiger partial charge in [-0.3, -0.25) is 4.79 Å². The zero-order valence-electron chi connectivity index (χ0n) is 18.8. The van der Waals surface area contributed by atoms with Gasteiger partial charge in [-0.2, -0.15) is 0 Å². The van der Waals surface area contributed by atoms with E-state index in [0.717, 1.165) is 11.1 Å². The van der Waals surface area contributed by atoms with E-state index < -0.39 is 33.3 Å². The number of nitrogens with two attached hydrogens (primary N) is 1. The Morgan fingerprint density at radius 1 is 1.03 bits per heavy atom. The van der Waals surface area contributed by atoms with Gasteiger partial charge in [-0.05, 0) is 55.7 Å². The lowest BCUT2D eigenvalue weighted by Gasteiger charge is -2.28. The highest BCUT2D eigenvalue weighted by Crippen LogP contribution is 2.23. The fourth-order valence-electron chi connectivity index (χ4n) is 2.95. The Morgan fingerprint density at radius 2 is 1.56 bits per heavy atom. The summed E-state index contributed by atoms with van der Waals surface area (Å²) in [5.74, 6) is -0.297. The molecule has 0 bridgehead atoms. The van der Waals surface area contributed by atoms with Crippen molar-refractivity contribution in [3.05, 3.63) is 54.1 Å². The smallest absolute Gasteiger partial charge is 0.330 e. The Labute approximate surface area is 189 Å². The van der Waals surface area contributed by atoms with Gasteiger partial charge in [-0.1, -0.05) is 24.3 Å². The topological polar surface area (TPSA) is 125 Å². The van der Waals surface area contributed by atoms with E-state index in [0.29, 0.717) is 24.3 Å². The molecule has 2 aromatic carbocycles. The Balaban J connectivity index is 2.01. The normalized spacial score (nSPS) is 12.7. The summed E-state index contributed by atoms with van der Waals surface area (Å²) in [7, 11) is -1.74. The molecule has 32 heavy (non-hydrogen) atoms. The van der Waals surface area contributed by atoms with Crippen LogP contribution in [0.25, 0.3) is 11.1 Å². The first-order valence-electron chi connectivity index (χ1n) is 10.1. The maximum atomic E-state index is 12.6. The third kappa shape index (κ3) is 7.65. The molecule has 0 heterocycles. The van der Waals surface area contributed by atoms with Gasteiger partial charge < -0.3 is 20.5 Å². The molecule has 0 aliphatic rings. The Bertz CT molecular complexity index is 1030. The molecular formula is C23H30N2O6S. The van der Waals surface area contributed by atoms with Crippen molar-refractivity contribution < 1.29 is 27.5 Å². The molecule has 0 spiro atoms. The quantitative estimate of drug-likeness (QED) is 0.409. The first-order valence-corrected chi connectivity index (χ1v) is 12.2. The summed E-state index contributed by atoms with van der Waals surface area (Å²) >= 11 is 0. The molecular weight excluding hydrogens is 432 g/mol. The highest BCUT2D eigenvalue weighted by molar-refractivity contribution is 7.90. The number of carbonyl (C=O) groups is 2. The predicted octanol–water partition coefficient (Wildman–Crippen LogP) is 2.18. The maximum absolute atomic E-state index is 12.6. The third-order valence-corrected chi connectivity index (χ3v) is 5.75. The molecule has 0 fully saturated rings.